The molecule has 0 aromatic carbocycles. The highest BCUT2D eigenvalue weighted by molar-refractivity contribution is 5.81. The maximum Gasteiger partial charge on any atom is 0.323 e. The van der Waals surface area contributed by atoms with Crippen molar-refractivity contribution in [3.05, 3.63) is 11.7 Å². The van der Waals surface area contributed by atoms with Crippen molar-refractivity contribution in [2.45, 2.75) is 56.9 Å². The Hall–Kier alpha value is -1.92. The van der Waals surface area contributed by atoms with Crippen molar-refractivity contribution >= 4 is 11.9 Å². The molecule has 114 valence electrons. The van der Waals surface area contributed by atoms with Gasteiger partial charge in [-0.05, 0) is 32.1 Å². The Balaban J connectivity index is 1.44. The van der Waals surface area contributed by atoms with Crippen molar-refractivity contribution in [2.24, 2.45) is 0 Å². The van der Waals surface area contributed by atoms with Crippen molar-refractivity contribution < 1.29 is 19.2 Å². The van der Waals surface area contributed by atoms with E-state index in [-0.39, 0.29) is 18.5 Å². The molecule has 2 aliphatic carbocycles. The molecular weight excluding hydrogens is 274 g/mol. The van der Waals surface area contributed by atoms with Crippen LogP contribution < -0.4 is 0 Å². The number of hydrogen-bond donors (Lipinski definition) is 1. The summed E-state index contributed by atoms with van der Waals surface area (Å²) in [5, 5.41) is 12.8. The number of aliphatic carboxylic acids is 1. The number of aromatic nitrogens is 2. The molecule has 0 bridgehead atoms. The average molecular weight is 293 g/mol. The lowest BCUT2D eigenvalue weighted by Crippen LogP contribution is -2.37. The first-order valence-corrected chi connectivity index (χ1v) is 7.47. The Labute approximate surface area is 122 Å². The molecule has 1 aromatic rings. The summed E-state index contributed by atoms with van der Waals surface area (Å²) in [5.41, 5.74) is 0. The second-order valence-electron chi connectivity index (χ2n) is 5.82. The molecular formula is C14H19N3O4. The van der Waals surface area contributed by atoms with Crippen molar-refractivity contribution in [1.29, 1.82) is 0 Å². The first-order chi connectivity index (χ1) is 10.1. The summed E-state index contributed by atoms with van der Waals surface area (Å²) in [6, 6.07) is 0.124. The van der Waals surface area contributed by atoms with Gasteiger partial charge in [-0.3, -0.25) is 9.59 Å². The minimum Gasteiger partial charge on any atom is -0.480 e. The summed E-state index contributed by atoms with van der Waals surface area (Å²) in [7, 11) is 0. The Morgan fingerprint density at radius 1 is 1.29 bits per heavy atom. The molecule has 1 heterocycles. The van der Waals surface area contributed by atoms with E-state index in [0.717, 1.165) is 31.5 Å². The van der Waals surface area contributed by atoms with Gasteiger partial charge in [0.15, 0.2) is 5.82 Å². The fourth-order valence-corrected chi connectivity index (χ4v) is 2.36. The minimum atomic E-state index is -0.957. The molecule has 7 heteroatoms. The lowest BCUT2D eigenvalue weighted by Gasteiger charge is -2.19. The van der Waals surface area contributed by atoms with Gasteiger partial charge in [0.25, 0.3) is 0 Å². The normalized spacial score (nSPS) is 17.7. The largest absolute Gasteiger partial charge is 0.480 e. The first-order valence-electron chi connectivity index (χ1n) is 7.47. The van der Waals surface area contributed by atoms with Crippen molar-refractivity contribution in [3.63, 3.8) is 0 Å². The Kier molecular flexibility index (Phi) is 3.90. The third kappa shape index (κ3) is 3.80. The van der Waals surface area contributed by atoms with Gasteiger partial charge in [-0.2, -0.15) is 4.98 Å². The third-order valence-corrected chi connectivity index (χ3v) is 3.82. The molecule has 0 radical (unpaired) electrons. The molecule has 7 nitrogen and oxygen atoms in total. The number of aryl methyl sites for hydroxylation is 1. The van der Waals surface area contributed by atoms with Crippen LogP contribution in [0.5, 0.6) is 0 Å². The van der Waals surface area contributed by atoms with Gasteiger partial charge < -0.3 is 14.5 Å². The van der Waals surface area contributed by atoms with E-state index in [1.807, 2.05) is 0 Å². The molecule has 1 amide bonds. The molecule has 1 aromatic heterocycles. The molecule has 21 heavy (non-hydrogen) atoms. The number of rotatable bonds is 8. The second kappa shape index (κ2) is 5.83. The maximum atomic E-state index is 12.1. The fraction of sp³-hybridized carbons (Fsp3) is 0.714. The predicted octanol–water partition coefficient (Wildman–Crippen LogP) is 1.35. The molecule has 0 unspecified atom stereocenters. The topological polar surface area (TPSA) is 96.5 Å². The van der Waals surface area contributed by atoms with Crippen LogP contribution in [0.1, 0.15) is 56.2 Å². The van der Waals surface area contributed by atoms with E-state index in [2.05, 4.69) is 10.1 Å². The SMILES string of the molecule is O=C(O)CN(C(=O)CCCc1nc(C2CC2)no1)C1CC1. The Bertz CT molecular complexity index is 534. The summed E-state index contributed by atoms with van der Waals surface area (Å²) in [6.07, 6.45) is 5.57. The molecule has 0 atom stereocenters. The molecule has 0 aliphatic heterocycles. The highest BCUT2D eigenvalue weighted by Crippen LogP contribution is 2.38. The third-order valence-electron chi connectivity index (χ3n) is 3.82. The van der Waals surface area contributed by atoms with E-state index < -0.39 is 5.97 Å². The van der Waals surface area contributed by atoms with E-state index in [1.165, 1.54) is 4.90 Å². The predicted molar refractivity (Wildman–Crippen MR) is 71.6 cm³/mol. The van der Waals surface area contributed by atoms with Crippen LogP contribution in [0.3, 0.4) is 0 Å². The summed E-state index contributed by atoms with van der Waals surface area (Å²) in [6.45, 7) is -0.199. The van der Waals surface area contributed by atoms with Crippen LogP contribution in [0.2, 0.25) is 0 Å². The molecule has 1 N–H and O–H groups in total. The number of carboxylic acid groups (broad SMARTS) is 1. The number of carbonyl (C=O) groups excluding carboxylic acids is 1. The standard InChI is InChI=1S/C14H19N3O4/c18-12(17(8-13(19)20)10-6-7-10)3-1-2-11-15-14(16-21-11)9-4-5-9/h9-10H,1-8H2,(H,19,20). The van der Waals surface area contributed by atoms with Crippen LogP contribution in [-0.2, 0) is 16.0 Å². The lowest BCUT2D eigenvalue weighted by atomic mass is 10.2. The van der Waals surface area contributed by atoms with E-state index >= 15 is 0 Å². The summed E-state index contributed by atoms with van der Waals surface area (Å²) < 4.78 is 5.15. The maximum absolute atomic E-state index is 12.1. The van der Waals surface area contributed by atoms with Crippen LogP contribution in [0.4, 0.5) is 0 Å². The van der Waals surface area contributed by atoms with Crippen molar-refractivity contribution in [2.75, 3.05) is 6.54 Å². The first kappa shape index (κ1) is 14.0. The molecule has 2 saturated carbocycles. The number of carbonyl (C=O) groups is 2. The van der Waals surface area contributed by atoms with E-state index in [4.69, 9.17) is 9.63 Å². The number of amides is 1. The average Bonchev–Trinajstić information content (AvgIpc) is 3.35. The monoisotopic (exact) mass is 293 g/mol. The fourth-order valence-electron chi connectivity index (χ4n) is 2.36. The van der Waals surface area contributed by atoms with Gasteiger partial charge in [0, 0.05) is 24.8 Å². The Morgan fingerprint density at radius 2 is 2.05 bits per heavy atom. The summed E-state index contributed by atoms with van der Waals surface area (Å²) in [4.78, 5) is 28.6. The van der Waals surface area contributed by atoms with Gasteiger partial charge in [-0.25, -0.2) is 0 Å². The van der Waals surface area contributed by atoms with Crippen LogP contribution in [0, 0.1) is 0 Å². The zero-order chi connectivity index (χ0) is 14.8. The number of carboxylic acids is 1. The molecule has 0 saturated heterocycles. The zero-order valence-corrected chi connectivity index (χ0v) is 11.8. The van der Waals surface area contributed by atoms with Crippen LogP contribution >= 0.6 is 0 Å². The van der Waals surface area contributed by atoms with Gasteiger partial charge >= 0.3 is 5.97 Å². The minimum absolute atomic E-state index is 0.0955. The van der Waals surface area contributed by atoms with Crippen LogP contribution in [-0.4, -0.2) is 44.6 Å². The van der Waals surface area contributed by atoms with Gasteiger partial charge in [0.05, 0.1) is 0 Å². The van der Waals surface area contributed by atoms with Crippen molar-refractivity contribution in [1.82, 2.24) is 15.0 Å². The molecule has 2 fully saturated rings. The van der Waals surface area contributed by atoms with Crippen LogP contribution in [0.25, 0.3) is 0 Å². The van der Waals surface area contributed by atoms with Gasteiger partial charge in [-0.1, -0.05) is 5.16 Å². The Morgan fingerprint density at radius 3 is 2.67 bits per heavy atom. The smallest absolute Gasteiger partial charge is 0.323 e. The molecule has 0 spiro atoms. The number of hydrogen-bond acceptors (Lipinski definition) is 5. The number of nitrogens with zero attached hydrogens (tertiary/aromatic N) is 3. The molecule has 2 aliphatic rings. The summed E-state index contributed by atoms with van der Waals surface area (Å²) in [5.74, 6) is 0.760. The van der Waals surface area contributed by atoms with Gasteiger partial charge in [0.2, 0.25) is 11.8 Å². The second-order valence-corrected chi connectivity index (χ2v) is 5.82. The lowest BCUT2D eigenvalue weighted by molar-refractivity contribution is -0.145. The van der Waals surface area contributed by atoms with Gasteiger partial charge in [0.1, 0.15) is 6.54 Å². The highest BCUT2D eigenvalue weighted by atomic mass is 16.5. The van der Waals surface area contributed by atoms with Crippen molar-refractivity contribution in [3.8, 4) is 0 Å². The van der Waals surface area contributed by atoms with Crippen LogP contribution in [0.15, 0.2) is 4.52 Å². The van der Waals surface area contributed by atoms with E-state index in [0.29, 0.717) is 31.1 Å². The van der Waals surface area contributed by atoms with E-state index in [9.17, 15) is 9.59 Å². The molecule has 3 rings (SSSR count). The summed E-state index contributed by atoms with van der Waals surface area (Å²) >= 11 is 0. The zero-order valence-electron chi connectivity index (χ0n) is 11.8. The quantitative estimate of drug-likeness (QED) is 0.777. The van der Waals surface area contributed by atoms with Gasteiger partial charge in [-0.15, -0.1) is 0 Å². The highest BCUT2D eigenvalue weighted by Gasteiger charge is 2.33. The van der Waals surface area contributed by atoms with E-state index in [1.54, 1.807) is 0 Å².